The Morgan fingerprint density at radius 1 is 1.04 bits per heavy atom. The number of amides is 1. The number of anilines is 1. The second-order valence-corrected chi connectivity index (χ2v) is 7.82. The van der Waals surface area contributed by atoms with Gasteiger partial charge in [0, 0.05) is 43.4 Å². The standard InChI is InChI=1S/C21H28N4O/c1-5-16-6-8-17(9-7-16)19(26)25-14-12-24(13-15-25)18-10-11-22-20(23-18)21(2,3)4/h6-11H,5,12-15H2,1-4H3. The Bertz CT molecular complexity index is 756. The maximum Gasteiger partial charge on any atom is 0.253 e. The lowest BCUT2D eigenvalue weighted by atomic mass is 9.96. The molecule has 2 aromatic rings. The maximum absolute atomic E-state index is 12.7. The SMILES string of the molecule is CCc1ccc(C(=O)N2CCN(c3ccnc(C(C)(C)C)n3)CC2)cc1. The van der Waals surface area contributed by atoms with Crippen molar-refractivity contribution in [2.24, 2.45) is 0 Å². The minimum absolute atomic E-state index is 0.0710. The first-order chi connectivity index (χ1) is 12.4. The minimum atomic E-state index is -0.0710. The van der Waals surface area contributed by atoms with Crippen molar-refractivity contribution in [1.29, 1.82) is 0 Å². The molecule has 0 unspecified atom stereocenters. The molecule has 1 amide bonds. The Morgan fingerprint density at radius 3 is 2.27 bits per heavy atom. The molecular formula is C21H28N4O. The summed E-state index contributed by atoms with van der Waals surface area (Å²) in [6.07, 6.45) is 2.82. The number of aryl methyl sites for hydroxylation is 1. The number of hydrogen-bond donors (Lipinski definition) is 0. The summed E-state index contributed by atoms with van der Waals surface area (Å²) in [7, 11) is 0. The van der Waals surface area contributed by atoms with Crippen LogP contribution in [0.1, 0.15) is 49.4 Å². The third kappa shape index (κ3) is 4.03. The van der Waals surface area contributed by atoms with Gasteiger partial charge in [0.15, 0.2) is 0 Å². The molecule has 1 saturated heterocycles. The molecule has 1 aliphatic heterocycles. The molecule has 1 aliphatic rings. The quantitative estimate of drug-likeness (QED) is 0.850. The van der Waals surface area contributed by atoms with E-state index in [1.807, 2.05) is 41.4 Å². The van der Waals surface area contributed by atoms with Gasteiger partial charge in [0.05, 0.1) is 0 Å². The average molecular weight is 352 g/mol. The van der Waals surface area contributed by atoms with E-state index >= 15 is 0 Å². The number of rotatable bonds is 3. The van der Waals surface area contributed by atoms with Crippen LogP contribution in [0, 0.1) is 0 Å². The number of carbonyl (C=O) groups is 1. The average Bonchev–Trinajstić information content (AvgIpc) is 2.67. The summed E-state index contributed by atoms with van der Waals surface area (Å²) in [5.41, 5.74) is 1.95. The largest absolute Gasteiger partial charge is 0.353 e. The van der Waals surface area contributed by atoms with Crippen molar-refractivity contribution in [1.82, 2.24) is 14.9 Å². The van der Waals surface area contributed by atoms with E-state index in [4.69, 9.17) is 4.98 Å². The van der Waals surface area contributed by atoms with Crippen molar-refractivity contribution in [3.8, 4) is 0 Å². The highest BCUT2D eigenvalue weighted by Gasteiger charge is 2.24. The predicted molar refractivity (Wildman–Crippen MR) is 105 cm³/mol. The van der Waals surface area contributed by atoms with Crippen LogP contribution in [0.5, 0.6) is 0 Å². The molecule has 2 heterocycles. The van der Waals surface area contributed by atoms with E-state index in [0.29, 0.717) is 13.1 Å². The lowest BCUT2D eigenvalue weighted by Crippen LogP contribution is -2.49. The lowest BCUT2D eigenvalue weighted by Gasteiger charge is -2.35. The van der Waals surface area contributed by atoms with Crippen molar-refractivity contribution >= 4 is 11.7 Å². The molecule has 0 bridgehead atoms. The summed E-state index contributed by atoms with van der Waals surface area (Å²) >= 11 is 0. The molecule has 3 rings (SSSR count). The molecule has 138 valence electrons. The number of aromatic nitrogens is 2. The molecule has 1 aromatic heterocycles. The van der Waals surface area contributed by atoms with Gasteiger partial charge in [0.2, 0.25) is 0 Å². The van der Waals surface area contributed by atoms with Crippen LogP contribution in [0.4, 0.5) is 5.82 Å². The second-order valence-electron chi connectivity index (χ2n) is 7.82. The van der Waals surface area contributed by atoms with E-state index in [2.05, 4.69) is 37.6 Å². The number of hydrogen-bond acceptors (Lipinski definition) is 4. The fraction of sp³-hybridized carbons (Fsp3) is 0.476. The molecule has 0 spiro atoms. The highest BCUT2D eigenvalue weighted by atomic mass is 16.2. The Kier molecular flexibility index (Phi) is 5.25. The van der Waals surface area contributed by atoms with Crippen LogP contribution in [0.3, 0.4) is 0 Å². The molecular weight excluding hydrogens is 324 g/mol. The smallest absolute Gasteiger partial charge is 0.253 e. The lowest BCUT2D eigenvalue weighted by molar-refractivity contribution is 0.0746. The normalized spacial score (nSPS) is 15.2. The molecule has 0 radical (unpaired) electrons. The van der Waals surface area contributed by atoms with Crippen molar-refractivity contribution in [3.63, 3.8) is 0 Å². The molecule has 1 aromatic carbocycles. The van der Waals surface area contributed by atoms with E-state index < -0.39 is 0 Å². The molecule has 0 atom stereocenters. The van der Waals surface area contributed by atoms with Gasteiger partial charge in [-0.2, -0.15) is 0 Å². The summed E-state index contributed by atoms with van der Waals surface area (Å²) in [5, 5.41) is 0. The monoisotopic (exact) mass is 352 g/mol. The topological polar surface area (TPSA) is 49.3 Å². The Labute approximate surface area is 156 Å². The van der Waals surface area contributed by atoms with Gasteiger partial charge in [-0.25, -0.2) is 9.97 Å². The molecule has 0 saturated carbocycles. The van der Waals surface area contributed by atoms with Gasteiger partial charge in [-0.3, -0.25) is 4.79 Å². The molecule has 0 aliphatic carbocycles. The number of carbonyl (C=O) groups excluding carboxylic acids is 1. The van der Waals surface area contributed by atoms with Crippen LogP contribution in [-0.2, 0) is 11.8 Å². The van der Waals surface area contributed by atoms with E-state index in [9.17, 15) is 4.79 Å². The third-order valence-electron chi connectivity index (χ3n) is 4.81. The summed E-state index contributed by atoms with van der Waals surface area (Å²) in [4.78, 5) is 26.0. The van der Waals surface area contributed by atoms with Gasteiger partial charge < -0.3 is 9.80 Å². The van der Waals surface area contributed by atoms with Crippen LogP contribution in [0.2, 0.25) is 0 Å². The Hall–Kier alpha value is -2.43. The van der Waals surface area contributed by atoms with E-state index in [-0.39, 0.29) is 11.3 Å². The molecule has 26 heavy (non-hydrogen) atoms. The zero-order chi connectivity index (χ0) is 18.7. The van der Waals surface area contributed by atoms with Crippen molar-refractivity contribution in [2.75, 3.05) is 31.1 Å². The van der Waals surface area contributed by atoms with Crippen LogP contribution in [0.25, 0.3) is 0 Å². The van der Waals surface area contributed by atoms with Gasteiger partial charge in [0.25, 0.3) is 5.91 Å². The fourth-order valence-corrected chi connectivity index (χ4v) is 3.09. The Morgan fingerprint density at radius 2 is 1.69 bits per heavy atom. The third-order valence-corrected chi connectivity index (χ3v) is 4.81. The van der Waals surface area contributed by atoms with Gasteiger partial charge in [-0.1, -0.05) is 39.8 Å². The summed E-state index contributed by atoms with van der Waals surface area (Å²) < 4.78 is 0. The van der Waals surface area contributed by atoms with Gasteiger partial charge in [-0.15, -0.1) is 0 Å². The van der Waals surface area contributed by atoms with Crippen LogP contribution in [0.15, 0.2) is 36.5 Å². The molecule has 1 fully saturated rings. The zero-order valence-electron chi connectivity index (χ0n) is 16.2. The highest BCUT2D eigenvalue weighted by molar-refractivity contribution is 5.94. The van der Waals surface area contributed by atoms with E-state index in [1.54, 1.807) is 0 Å². The summed E-state index contributed by atoms with van der Waals surface area (Å²) in [6.45, 7) is 11.5. The first-order valence-electron chi connectivity index (χ1n) is 9.35. The molecule has 0 N–H and O–H groups in total. The van der Waals surface area contributed by atoms with E-state index in [0.717, 1.165) is 36.7 Å². The Balaban J connectivity index is 1.64. The predicted octanol–water partition coefficient (Wildman–Crippen LogP) is 3.30. The van der Waals surface area contributed by atoms with Gasteiger partial charge >= 0.3 is 0 Å². The minimum Gasteiger partial charge on any atom is -0.353 e. The molecule has 5 nitrogen and oxygen atoms in total. The number of piperazine rings is 1. The highest BCUT2D eigenvalue weighted by Crippen LogP contribution is 2.21. The number of benzene rings is 1. The first-order valence-corrected chi connectivity index (χ1v) is 9.35. The zero-order valence-corrected chi connectivity index (χ0v) is 16.2. The van der Waals surface area contributed by atoms with Gasteiger partial charge in [-0.05, 0) is 30.2 Å². The van der Waals surface area contributed by atoms with Crippen LogP contribution < -0.4 is 4.90 Å². The second kappa shape index (κ2) is 7.44. The van der Waals surface area contributed by atoms with Crippen LogP contribution >= 0.6 is 0 Å². The van der Waals surface area contributed by atoms with Crippen molar-refractivity contribution < 1.29 is 4.79 Å². The summed E-state index contributed by atoms with van der Waals surface area (Å²) in [6, 6.07) is 9.91. The van der Waals surface area contributed by atoms with E-state index in [1.165, 1.54) is 5.56 Å². The van der Waals surface area contributed by atoms with Gasteiger partial charge in [0.1, 0.15) is 11.6 Å². The first kappa shape index (κ1) is 18.4. The fourth-order valence-electron chi connectivity index (χ4n) is 3.09. The number of nitrogens with zero attached hydrogens (tertiary/aromatic N) is 4. The maximum atomic E-state index is 12.7. The van der Waals surface area contributed by atoms with Crippen molar-refractivity contribution in [3.05, 3.63) is 53.5 Å². The van der Waals surface area contributed by atoms with Crippen LogP contribution in [-0.4, -0.2) is 47.0 Å². The van der Waals surface area contributed by atoms with Crippen molar-refractivity contribution in [2.45, 2.75) is 39.5 Å². The molecule has 5 heteroatoms. The summed E-state index contributed by atoms with van der Waals surface area (Å²) in [5.74, 6) is 1.92.